The summed E-state index contributed by atoms with van der Waals surface area (Å²) in [5, 5.41) is 23.4. The lowest BCUT2D eigenvalue weighted by Crippen LogP contribution is -2.43. The van der Waals surface area contributed by atoms with Gasteiger partial charge in [0.15, 0.2) is 6.04 Å². The number of nitrogens with one attached hydrogen (secondary N) is 2. The molecule has 8 nitrogen and oxygen atoms in total. The molecule has 1 aromatic heterocycles. The third kappa shape index (κ3) is 5.14. The van der Waals surface area contributed by atoms with Crippen molar-refractivity contribution >= 4 is 23.4 Å². The van der Waals surface area contributed by atoms with Crippen LogP contribution in [-0.2, 0) is 4.79 Å². The highest BCUT2D eigenvalue weighted by Crippen LogP contribution is 2.22. The molecule has 1 amide bonds. The Morgan fingerprint density at radius 2 is 1.79 bits per heavy atom. The fraction of sp³-hybridized carbons (Fsp3) is 0.143. The van der Waals surface area contributed by atoms with Gasteiger partial charge in [0.25, 0.3) is 5.91 Å². The summed E-state index contributed by atoms with van der Waals surface area (Å²) in [6, 6.07) is 16.7. The van der Waals surface area contributed by atoms with Gasteiger partial charge >= 0.3 is 5.97 Å². The largest absolute Gasteiger partial charge is 0.480 e. The summed E-state index contributed by atoms with van der Waals surface area (Å²) in [5.41, 5.74) is 2.58. The molecule has 2 aromatic carbocycles. The number of aromatic nitrogens is 2. The van der Waals surface area contributed by atoms with Crippen molar-refractivity contribution in [2.75, 3.05) is 11.9 Å². The van der Waals surface area contributed by atoms with Crippen molar-refractivity contribution in [1.82, 2.24) is 15.3 Å². The van der Waals surface area contributed by atoms with E-state index in [1.165, 1.54) is 0 Å². The number of aliphatic hydroxyl groups is 1. The molecule has 0 fully saturated rings. The third-order valence-corrected chi connectivity index (χ3v) is 4.09. The first-order valence-electron chi connectivity index (χ1n) is 8.89. The highest BCUT2D eigenvalue weighted by atomic mass is 16.4. The second-order valence-electron chi connectivity index (χ2n) is 6.30. The minimum absolute atomic E-state index is 0.253. The SMILES string of the molecule is Cc1nc(Nc2cccc(C(=O)NC(CO)C(=O)O)c2)cc(-c2ccccc2)n1. The first-order chi connectivity index (χ1) is 14.0. The Morgan fingerprint density at radius 3 is 2.48 bits per heavy atom. The Balaban J connectivity index is 1.81. The molecule has 0 saturated carbocycles. The molecule has 3 aromatic rings. The van der Waals surface area contributed by atoms with Crippen LogP contribution in [-0.4, -0.2) is 44.7 Å². The molecule has 8 heteroatoms. The van der Waals surface area contributed by atoms with Gasteiger partial charge in [0.2, 0.25) is 0 Å². The third-order valence-electron chi connectivity index (χ3n) is 4.09. The fourth-order valence-corrected chi connectivity index (χ4v) is 2.70. The van der Waals surface area contributed by atoms with Gasteiger partial charge in [-0.2, -0.15) is 0 Å². The predicted octanol–water partition coefficient (Wildman–Crippen LogP) is 2.37. The molecular formula is C21H20N4O4. The maximum absolute atomic E-state index is 12.3. The Labute approximate surface area is 167 Å². The summed E-state index contributed by atoms with van der Waals surface area (Å²) in [7, 11) is 0. The van der Waals surface area contributed by atoms with Gasteiger partial charge in [0.1, 0.15) is 11.6 Å². The van der Waals surface area contributed by atoms with Gasteiger partial charge in [0.05, 0.1) is 12.3 Å². The van der Waals surface area contributed by atoms with E-state index >= 15 is 0 Å². The van der Waals surface area contributed by atoms with Crippen molar-refractivity contribution < 1.29 is 19.8 Å². The molecular weight excluding hydrogens is 372 g/mol. The maximum Gasteiger partial charge on any atom is 0.328 e. The summed E-state index contributed by atoms with van der Waals surface area (Å²) < 4.78 is 0. The van der Waals surface area contributed by atoms with E-state index in [4.69, 9.17) is 10.2 Å². The molecule has 1 atom stereocenters. The van der Waals surface area contributed by atoms with Gasteiger partial charge in [-0.3, -0.25) is 4.79 Å². The van der Waals surface area contributed by atoms with Crippen LogP contribution < -0.4 is 10.6 Å². The fourth-order valence-electron chi connectivity index (χ4n) is 2.70. The topological polar surface area (TPSA) is 124 Å². The minimum Gasteiger partial charge on any atom is -0.480 e. The van der Waals surface area contributed by atoms with Crippen molar-refractivity contribution in [2.24, 2.45) is 0 Å². The van der Waals surface area contributed by atoms with Crippen molar-refractivity contribution in [3.05, 3.63) is 72.1 Å². The lowest BCUT2D eigenvalue weighted by atomic mass is 10.1. The highest BCUT2D eigenvalue weighted by Gasteiger charge is 2.19. The summed E-state index contributed by atoms with van der Waals surface area (Å²) in [5.74, 6) is -0.748. The van der Waals surface area contributed by atoms with E-state index in [0.29, 0.717) is 17.3 Å². The molecule has 0 aliphatic carbocycles. The molecule has 1 heterocycles. The standard InChI is InChI=1S/C21H20N4O4/c1-13-22-17(14-6-3-2-4-7-14)11-19(23-13)24-16-9-5-8-15(10-16)20(27)25-18(12-26)21(28)29/h2-11,18,26H,12H2,1H3,(H,25,27)(H,28,29)(H,22,23,24). The van der Waals surface area contributed by atoms with E-state index < -0.39 is 24.5 Å². The first kappa shape index (κ1) is 20.0. The zero-order valence-corrected chi connectivity index (χ0v) is 15.7. The number of carboxylic acid groups (broad SMARTS) is 1. The van der Waals surface area contributed by atoms with Crippen LogP contribution in [0.4, 0.5) is 11.5 Å². The predicted molar refractivity (Wildman–Crippen MR) is 108 cm³/mol. The number of nitrogens with zero attached hydrogens (tertiary/aromatic N) is 2. The van der Waals surface area contributed by atoms with E-state index in [2.05, 4.69) is 20.6 Å². The molecule has 3 rings (SSSR count). The zero-order chi connectivity index (χ0) is 20.8. The van der Waals surface area contributed by atoms with Crippen LogP contribution in [0.15, 0.2) is 60.7 Å². The van der Waals surface area contributed by atoms with Gasteiger partial charge in [-0.1, -0.05) is 36.4 Å². The van der Waals surface area contributed by atoms with Crippen molar-refractivity contribution in [3.8, 4) is 11.3 Å². The maximum atomic E-state index is 12.3. The van der Waals surface area contributed by atoms with Crippen LogP contribution in [0.2, 0.25) is 0 Å². The molecule has 0 aliphatic heterocycles. The minimum atomic E-state index is -1.36. The average molecular weight is 392 g/mol. The van der Waals surface area contributed by atoms with Crippen molar-refractivity contribution in [1.29, 1.82) is 0 Å². The van der Waals surface area contributed by atoms with Crippen LogP contribution in [0.3, 0.4) is 0 Å². The summed E-state index contributed by atoms with van der Waals surface area (Å²) in [4.78, 5) is 32.1. The Kier molecular flexibility index (Phi) is 6.16. The molecule has 0 radical (unpaired) electrons. The molecule has 0 saturated heterocycles. The number of aliphatic carboxylic acids is 1. The average Bonchev–Trinajstić information content (AvgIpc) is 2.72. The number of benzene rings is 2. The number of aryl methyl sites for hydroxylation is 1. The quantitative estimate of drug-likeness (QED) is 0.486. The van der Waals surface area contributed by atoms with Gasteiger partial charge < -0.3 is 20.8 Å². The second-order valence-corrected chi connectivity index (χ2v) is 6.30. The molecule has 1 unspecified atom stereocenters. The molecule has 29 heavy (non-hydrogen) atoms. The van der Waals surface area contributed by atoms with E-state index in [1.54, 1.807) is 37.3 Å². The van der Waals surface area contributed by atoms with E-state index in [1.807, 2.05) is 30.3 Å². The van der Waals surface area contributed by atoms with Crippen LogP contribution in [0.25, 0.3) is 11.3 Å². The van der Waals surface area contributed by atoms with Gasteiger partial charge in [-0.15, -0.1) is 0 Å². The van der Waals surface area contributed by atoms with Crippen LogP contribution in [0.1, 0.15) is 16.2 Å². The van der Waals surface area contributed by atoms with E-state index in [0.717, 1.165) is 11.3 Å². The normalized spacial score (nSPS) is 11.5. The van der Waals surface area contributed by atoms with Crippen LogP contribution >= 0.6 is 0 Å². The number of hydrogen-bond acceptors (Lipinski definition) is 6. The van der Waals surface area contributed by atoms with Crippen molar-refractivity contribution in [2.45, 2.75) is 13.0 Å². The highest BCUT2D eigenvalue weighted by molar-refractivity contribution is 5.97. The number of amides is 1. The molecule has 0 bridgehead atoms. The van der Waals surface area contributed by atoms with E-state index in [9.17, 15) is 9.59 Å². The Morgan fingerprint density at radius 1 is 1.03 bits per heavy atom. The Bertz CT molecular complexity index is 1020. The summed E-state index contributed by atoms with van der Waals surface area (Å²) in [6.07, 6.45) is 0. The lowest BCUT2D eigenvalue weighted by Gasteiger charge is -2.13. The van der Waals surface area contributed by atoms with E-state index in [-0.39, 0.29) is 5.56 Å². The molecule has 4 N–H and O–H groups in total. The molecule has 0 spiro atoms. The zero-order valence-electron chi connectivity index (χ0n) is 15.7. The number of carbonyl (C=O) groups is 2. The van der Waals surface area contributed by atoms with Crippen LogP contribution in [0, 0.1) is 6.92 Å². The van der Waals surface area contributed by atoms with Crippen LogP contribution in [0.5, 0.6) is 0 Å². The number of anilines is 2. The first-order valence-corrected chi connectivity index (χ1v) is 8.89. The number of carbonyl (C=O) groups excluding carboxylic acids is 1. The number of rotatable bonds is 7. The lowest BCUT2D eigenvalue weighted by molar-refractivity contribution is -0.140. The Hall–Kier alpha value is -3.78. The molecule has 148 valence electrons. The number of aliphatic hydroxyl groups excluding tert-OH is 1. The molecule has 0 aliphatic rings. The van der Waals surface area contributed by atoms with Gasteiger partial charge in [0, 0.05) is 22.9 Å². The number of carboxylic acids is 1. The summed E-state index contributed by atoms with van der Waals surface area (Å²) in [6.45, 7) is 1.10. The summed E-state index contributed by atoms with van der Waals surface area (Å²) >= 11 is 0. The van der Waals surface area contributed by atoms with Gasteiger partial charge in [-0.25, -0.2) is 14.8 Å². The smallest absolute Gasteiger partial charge is 0.328 e. The second kappa shape index (κ2) is 8.94. The van der Waals surface area contributed by atoms with Gasteiger partial charge in [-0.05, 0) is 25.1 Å². The van der Waals surface area contributed by atoms with Crippen molar-refractivity contribution in [3.63, 3.8) is 0 Å². The number of hydrogen-bond donors (Lipinski definition) is 4. The monoisotopic (exact) mass is 392 g/mol.